The minimum atomic E-state index is -1.11. The average molecular weight is 387 g/mol. The highest BCUT2D eigenvalue weighted by atomic mass is 16.5. The molecular weight excluding hydrogens is 366 g/mol. The van der Waals surface area contributed by atoms with Crippen LogP contribution < -0.4 is 10.1 Å². The number of ether oxygens (including phenoxy) is 1. The summed E-state index contributed by atoms with van der Waals surface area (Å²) in [5, 5.41) is 12.3. The van der Waals surface area contributed by atoms with Gasteiger partial charge in [0.1, 0.15) is 5.75 Å². The van der Waals surface area contributed by atoms with Gasteiger partial charge >= 0.3 is 5.97 Å². The number of anilines is 1. The van der Waals surface area contributed by atoms with Crippen LogP contribution in [-0.4, -0.2) is 24.1 Å². The van der Waals surface area contributed by atoms with E-state index < -0.39 is 5.97 Å². The van der Waals surface area contributed by atoms with Crippen LogP contribution in [0.1, 0.15) is 37.4 Å². The number of carboxylic acids is 1. The highest BCUT2D eigenvalue weighted by Crippen LogP contribution is 2.21. The fraction of sp³-hybridized carbons (Fsp3) is 0.0833. The van der Waals surface area contributed by atoms with Gasteiger partial charge in [0.05, 0.1) is 18.4 Å². The van der Waals surface area contributed by atoms with Gasteiger partial charge in [-0.2, -0.15) is 0 Å². The fourth-order valence-electron chi connectivity index (χ4n) is 2.88. The molecule has 5 nitrogen and oxygen atoms in total. The molecule has 3 aromatic rings. The summed E-state index contributed by atoms with van der Waals surface area (Å²) in [6, 6.07) is 19.6. The number of rotatable bonds is 6. The maximum atomic E-state index is 12.5. The zero-order valence-electron chi connectivity index (χ0n) is 16.2. The molecule has 3 rings (SSSR count). The van der Waals surface area contributed by atoms with Crippen molar-refractivity contribution in [2.45, 2.75) is 6.92 Å². The van der Waals surface area contributed by atoms with Crippen LogP contribution in [0.2, 0.25) is 0 Å². The minimum absolute atomic E-state index is 0.0313. The molecule has 1 amide bonds. The second-order valence-corrected chi connectivity index (χ2v) is 6.49. The van der Waals surface area contributed by atoms with E-state index >= 15 is 0 Å². The Morgan fingerprint density at radius 2 is 1.55 bits per heavy atom. The fourth-order valence-corrected chi connectivity index (χ4v) is 2.88. The molecular formula is C24H21NO4. The van der Waals surface area contributed by atoms with Crippen LogP contribution in [0.3, 0.4) is 0 Å². The van der Waals surface area contributed by atoms with Crippen LogP contribution in [0.5, 0.6) is 5.75 Å². The van der Waals surface area contributed by atoms with Gasteiger partial charge in [0.25, 0.3) is 5.91 Å². The molecule has 5 heteroatoms. The summed E-state index contributed by atoms with van der Waals surface area (Å²) >= 11 is 0. The third-order valence-corrected chi connectivity index (χ3v) is 4.50. The Bertz CT molecular complexity index is 1070. The van der Waals surface area contributed by atoms with Crippen molar-refractivity contribution in [2.75, 3.05) is 12.4 Å². The smallest absolute Gasteiger partial charge is 0.337 e. The van der Waals surface area contributed by atoms with Gasteiger partial charge in [0.15, 0.2) is 0 Å². The summed E-state index contributed by atoms with van der Waals surface area (Å²) < 4.78 is 5.13. The topological polar surface area (TPSA) is 75.6 Å². The number of hydrogen-bond donors (Lipinski definition) is 2. The third kappa shape index (κ3) is 4.90. The highest BCUT2D eigenvalue weighted by molar-refractivity contribution is 6.08. The van der Waals surface area contributed by atoms with Crippen molar-refractivity contribution in [3.8, 4) is 5.75 Å². The van der Waals surface area contributed by atoms with Crippen LogP contribution >= 0.6 is 0 Å². The van der Waals surface area contributed by atoms with Crippen LogP contribution in [0.15, 0.2) is 66.7 Å². The second kappa shape index (κ2) is 8.89. The van der Waals surface area contributed by atoms with Crippen molar-refractivity contribution >= 4 is 29.7 Å². The molecule has 0 bridgehead atoms. The van der Waals surface area contributed by atoms with E-state index in [2.05, 4.69) is 5.32 Å². The zero-order valence-corrected chi connectivity index (χ0v) is 16.2. The molecule has 3 aromatic carbocycles. The van der Waals surface area contributed by atoms with E-state index in [1.165, 1.54) is 6.07 Å². The van der Waals surface area contributed by atoms with Crippen LogP contribution in [0.4, 0.5) is 5.69 Å². The van der Waals surface area contributed by atoms with E-state index in [9.17, 15) is 14.7 Å². The van der Waals surface area contributed by atoms with Gasteiger partial charge in [-0.05, 0) is 53.9 Å². The van der Waals surface area contributed by atoms with Gasteiger partial charge in [-0.25, -0.2) is 4.79 Å². The van der Waals surface area contributed by atoms with Gasteiger partial charge in [0, 0.05) is 5.56 Å². The first-order valence-electron chi connectivity index (χ1n) is 9.04. The molecule has 0 radical (unpaired) electrons. The lowest BCUT2D eigenvalue weighted by Gasteiger charge is -2.11. The van der Waals surface area contributed by atoms with Crippen LogP contribution in [0.25, 0.3) is 12.2 Å². The number of carbonyl (C=O) groups excluding carboxylic acids is 1. The minimum Gasteiger partial charge on any atom is -0.497 e. The molecule has 29 heavy (non-hydrogen) atoms. The Balaban J connectivity index is 1.83. The van der Waals surface area contributed by atoms with E-state index in [-0.39, 0.29) is 17.2 Å². The number of nitrogens with one attached hydrogen (secondary N) is 1. The standard InChI is InChI=1S/C24H21NO4/c1-16-5-3-4-6-20(16)23(26)25-22-14-11-18(15-21(22)24(27)28)8-7-17-9-12-19(29-2)13-10-17/h3-15H,1-2H3,(H,25,26)(H,27,28)/b8-7+. The van der Waals surface area contributed by atoms with E-state index in [1.807, 2.05) is 55.5 Å². The molecule has 0 aliphatic rings. The number of aryl methyl sites for hydroxylation is 1. The molecule has 0 unspecified atom stereocenters. The number of hydrogen-bond acceptors (Lipinski definition) is 3. The maximum Gasteiger partial charge on any atom is 0.337 e. The molecule has 0 aromatic heterocycles. The largest absolute Gasteiger partial charge is 0.497 e. The van der Waals surface area contributed by atoms with Gasteiger partial charge in [-0.1, -0.05) is 48.6 Å². The van der Waals surface area contributed by atoms with Gasteiger partial charge < -0.3 is 15.2 Å². The second-order valence-electron chi connectivity index (χ2n) is 6.49. The Morgan fingerprint density at radius 1 is 0.897 bits per heavy atom. The van der Waals surface area contributed by atoms with Crippen molar-refractivity contribution < 1.29 is 19.4 Å². The number of carboxylic acid groups (broad SMARTS) is 1. The van der Waals surface area contributed by atoms with Gasteiger partial charge in [-0.15, -0.1) is 0 Å². The first kappa shape index (κ1) is 19.9. The lowest BCUT2D eigenvalue weighted by molar-refractivity contribution is 0.0698. The predicted octanol–water partition coefficient (Wildman–Crippen LogP) is 5.12. The Morgan fingerprint density at radius 3 is 2.21 bits per heavy atom. The lowest BCUT2D eigenvalue weighted by atomic mass is 10.1. The summed E-state index contributed by atoms with van der Waals surface area (Å²) in [4.78, 5) is 24.2. The number of amides is 1. The van der Waals surface area contributed by atoms with E-state index in [0.717, 1.165) is 16.9 Å². The van der Waals surface area contributed by atoms with Crippen LogP contribution in [0, 0.1) is 6.92 Å². The van der Waals surface area contributed by atoms with Crippen molar-refractivity contribution in [2.24, 2.45) is 0 Å². The summed E-state index contributed by atoms with van der Waals surface area (Å²) in [7, 11) is 1.61. The molecule has 2 N–H and O–H groups in total. The van der Waals surface area contributed by atoms with E-state index in [1.54, 1.807) is 31.4 Å². The molecule has 0 atom stereocenters. The monoisotopic (exact) mass is 387 g/mol. The summed E-state index contributed by atoms with van der Waals surface area (Å²) in [5.74, 6) is -0.680. The zero-order chi connectivity index (χ0) is 20.8. The summed E-state index contributed by atoms with van der Waals surface area (Å²) in [5.41, 5.74) is 3.29. The Labute approximate surface area is 169 Å². The van der Waals surface area contributed by atoms with Crippen LogP contribution in [-0.2, 0) is 0 Å². The van der Waals surface area contributed by atoms with Crippen molar-refractivity contribution in [1.29, 1.82) is 0 Å². The first-order chi connectivity index (χ1) is 14.0. The van der Waals surface area contributed by atoms with Crippen molar-refractivity contribution in [3.63, 3.8) is 0 Å². The Kier molecular flexibility index (Phi) is 6.09. The lowest BCUT2D eigenvalue weighted by Crippen LogP contribution is -2.16. The number of benzene rings is 3. The maximum absolute atomic E-state index is 12.5. The molecule has 0 spiro atoms. The normalized spacial score (nSPS) is 10.7. The van der Waals surface area contributed by atoms with Gasteiger partial charge in [-0.3, -0.25) is 4.79 Å². The molecule has 0 aliphatic carbocycles. The average Bonchev–Trinajstić information content (AvgIpc) is 2.73. The Hall–Kier alpha value is -3.86. The van der Waals surface area contributed by atoms with Crippen molar-refractivity contribution in [1.82, 2.24) is 0 Å². The van der Waals surface area contributed by atoms with Gasteiger partial charge in [0.2, 0.25) is 0 Å². The summed E-state index contributed by atoms with van der Waals surface area (Å²) in [6.07, 6.45) is 3.70. The molecule has 0 heterocycles. The highest BCUT2D eigenvalue weighted by Gasteiger charge is 2.15. The number of aromatic carboxylic acids is 1. The SMILES string of the molecule is COc1ccc(/C=C/c2ccc(NC(=O)c3ccccc3C)c(C(=O)O)c2)cc1. The predicted molar refractivity (Wildman–Crippen MR) is 114 cm³/mol. The third-order valence-electron chi connectivity index (χ3n) is 4.50. The number of methoxy groups -OCH3 is 1. The molecule has 0 fully saturated rings. The summed E-state index contributed by atoms with van der Waals surface area (Å²) in [6.45, 7) is 1.83. The van der Waals surface area contributed by atoms with E-state index in [4.69, 9.17) is 4.74 Å². The van der Waals surface area contributed by atoms with E-state index in [0.29, 0.717) is 11.1 Å². The molecule has 0 saturated heterocycles. The quantitative estimate of drug-likeness (QED) is 0.575. The molecule has 146 valence electrons. The molecule has 0 aliphatic heterocycles. The number of carbonyl (C=O) groups is 2. The molecule has 0 saturated carbocycles. The first-order valence-corrected chi connectivity index (χ1v) is 9.04. The van der Waals surface area contributed by atoms with Crippen molar-refractivity contribution in [3.05, 3.63) is 94.5 Å².